The molecule has 1 saturated heterocycles. The summed E-state index contributed by atoms with van der Waals surface area (Å²) in [5.41, 5.74) is 2.61. The molecule has 1 aliphatic rings. The Bertz CT molecular complexity index is 1360. The zero-order valence-electron chi connectivity index (χ0n) is 21.4. The summed E-state index contributed by atoms with van der Waals surface area (Å²) in [6.07, 6.45) is 7.51. The van der Waals surface area contributed by atoms with Gasteiger partial charge in [0, 0.05) is 48.5 Å². The van der Waals surface area contributed by atoms with Crippen LogP contribution in [0.1, 0.15) is 35.8 Å². The van der Waals surface area contributed by atoms with Crippen LogP contribution >= 0.6 is 11.3 Å². The molecule has 0 saturated carbocycles. The lowest BCUT2D eigenvalue weighted by Crippen LogP contribution is -2.36. The Morgan fingerprint density at radius 3 is 2.74 bits per heavy atom. The fourth-order valence-electron chi connectivity index (χ4n) is 3.94. The number of morpholine rings is 1. The van der Waals surface area contributed by atoms with Crippen LogP contribution in [0.2, 0.25) is 0 Å². The maximum Gasteiger partial charge on any atom is 0.249 e. The molecule has 9 nitrogen and oxygen atoms in total. The standard InChI is InChI=1S/C28H30N6O3S/c1-3-24-18-31-28(38-24)33-27(36)19(2)20-6-4-7-21(14-20)23-15-22(16-29)26(30-17-23)32-25(35)8-5-9-34-10-12-37-13-11-34/h4-8,14-15,17-19H,3,9-13H2,1-2H3,(H,30,32,35)(H,31,33,36)/b8-5+. The molecule has 2 aromatic heterocycles. The summed E-state index contributed by atoms with van der Waals surface area (Å²) in [5, 5.41) is 15.9. The number of ether oxygens (including phenoxy) is 1. The van der Waals surface area contributed by atoms with E-state index in [-0.39, 0.29) is 23.2 Å². The Morgan fingerprint density at radius 2 is 2.00 bits per heavy atom. The number of hydrogen-bond acceptors (Lipinski definition) is 8. The Kier molecular flexibility index (Phi) is 9.32. The molecule has 4 rings (SSSR count). The van der Waals surface area contributed by atoms with E-state index in [2.05, 4.69) is 31.6 Å². The highest BCUT2D eigenvalue weighted by Crippen LogP contribution is 2.27. The van der Waals surface area contributed by atoms with E-state index < -0.39 is 5.92 Å². The smallest absolute Gasteiger partial charge is 0.249 e. The first kappa shape index (κ1) is 27.1. The van der Waals surface area contributed by atoms with Crippen molar-refractivity contribution in [1.29, 1.82) is 5.26 Å². The monoisotopic (exact) mass is 530 g/mol. The van der Waals surface area contributed by atoms with Gasteiger partial charge in [-0.05, 0) is 30.5 Å². The van der Waals surface area contributed by atoms with E-state index in [4.69, 9.17) is 4.74 Å². The highest BCUT2D eigenvalue weighted by atomic mass is 32.1. The van der Waals surface area contributed by atoms with E-state index in [0.717, 1.165) is 35.5 Å². The van der Waals surface area contributed by atoms with Crippen molar-refractivity contribution >= 4 is 34.1 Å². The minimum absolute atomic E-state index is 0.144. The maximum absolute atomic E-state index is 12.8. The number of aromatic nitrogens is 2. The quantitative estimate of drug-likeness (QED) is 0.398. The van der Waals surface area contributed by atoms with Gasteiger partial charge in [0.05, 0.1) is 24.7 Å². The molecule has 2 N–H and O–H groups in total. The second-order valence-corrected chi connectivity index (χ2v) is 9.97. The topological polar surface area (TPSA) is 120 Å². The summed E-state index contributed by atoms with van der Waals surface area (Å²) in [7, 11) is 0. The van der Waals surface area contributed by atoms with E-state index in [1.165, 1.54) is 17.4 Å². The Hall–Kier alpha value is -3.91. The molecule has 1 fully saturated rings. The number of anilines is 2. The van der Waals surface area contributed by atoms with Gasteiger partial charge in [-0.1, -0.05) is 37.3 Å². The minimum Gasteiger partial charge on any atom is -0.379 e. The summed E-state index contributed by atoms with van der Waals surface area (Å²) >= 11 is 1.47. The Balaban J connectivity index is 1.42. The number of carbonyl (C=O) groups excluding carboxylic acids is 2. The van der Waals surface area contributed by atoms with Crippen molar-refractivity contribution in [3.05, 3.63) is 70.9 Å². The Labute approximate surface area is 226 Å². The number of nitrogens with zero attached hydrogens (tertiary/aromatic N) is 4. The van der Waals surface area contributed by atoms with Crippen LogP contribution in [-0.2, 0) is 20.7 Å². The number of benzene rings is 1. The van der Waals surface area contributed by atoms with Gasteiger partial charge in [0.15, 0.2) is 10.9 Å². The van der Waals surface area contributed by atoms with Crippen LogP contribution < -0.4 is 10.6 Å². The van der Waals surface area contributed by atoms with Gasteiger partial charge < -0.3 is 15.4 Å². The van der Waals surface area contributed by atoms with Crippen LogP contribution in [0.3, 0.4) is 0 Å². The molecule has 0 aliphatic carbocycles. The van der Waals surface area contributed by atoms with E-state index >= 15 is 0 Å². The highest BCUT2D eigenvalue weighted by Gasteiger charge is 2.18. The lowest BCUT2D eigenvalue weighted by Gasteiger charge is -2.24. The van der Waals surface area contributed by atoms with Crippen LogP contribution in [0.15, 0.2) is 54.9 Å². The highest BCUT2D eigenvalue weighted by molar-refractivity contribution is 7.15. The first-order valence-electron chi connectivity index (χ1n) is 12.5. The lowest BCUT2D eigenvalue weighted by molar-refractivity contribution is -0.117. The number of amides is 2. The first-order chi connectivity index (χ1) is 18.5. The summed E-state index contributed by atoms with van der Waals surface area (Å²) in [4.78, 5) is 37.1. The predicted octanol–water partition coefficient (Wildman–Crippen LogP) is 4.21. The summed E-state index contributed by atoms with van der Waals surface area (Å²) in [6.45, 7) is 7.61. The van der Waals surface area contributed by atoms with Gasteiger partial charge in [-0.15, -0.1) is 11.3 Å². The summed E-state index contributed by atoms with van der Waals surface area (Å²) in [5.74, 6) is -0.691. The number of rotatable bonds is 9. The number of hydrogen-bond donors (Lipinski definition) is 2. The van der Waals surface area contributed by atoms with Gasteiger partial charge in [0.2, 0.25) is 11.8 Å². The number of pyridine rings is 1. The largest absolute Gasteiger partial charge is 0.379 e. The molecule has 196 valence electrons. The minimum atomic E-state index is -0.407. The molecule has 1 atom stereocenters. The van der Waals surface area contributed by atoms with Crippen molar-refractivity contribution in [2.24, 2.45) is 0 Å². The molecular formula is C28H30N6O3S. The number of carbonyl (C=O) groups is 2. The third-order valence-corrected chi connectivity index (χ3v) is 7.29. The van der Waals surface area contributed by atoms with Crippen molar-refractivity contribution < 1.29 is 14.3 Å². The summed E-state index contributed by atoms with van der Waals surface area (Å²) < 4.78 is 5.32. The van der Waals surface area contributed by atoms with Gasteiger partial charge in [0.1, 0.15) is 6.07 Å². The molecule has 10 heteroatoms. The van der Waals surface area contributed by atoms with E-state index in [1.807, 2.05) is 38.1 Å². The van der Waals surface area contributed by atoms with Crippen LogP contribution in [-0.4, -0.2) is 59.5 Å². The van der Waals surface area contributed by atoms with Crippen molar-refractivity contribution in [3.63, 3.8) is 0 Å². The van der Waals surface area contributed by atoms with E-state index in [0.29, 0.717) is 30.5 Å². The van der Waals surface area contributed by atoms with E-state index in [1.54, 1.807) is 24.5 Å². The number of nitrogens with one attached hydrogen (secondary N) is 2. The number of nitriles is 1. The lowest BCUT2D eigenvalue weighted by atomic mass is 9.96. The molecular weight excluding hydrogens is 500 g/mol. The number of thiazole rings is 1. The van der Waals surface area contributed by atoms with Gasteiger partial charge in [-0.2, -0.15) is 5.26 Å². The zero-order chi connectivity index (χ0) is 26.9. The normalized spacial score (nSPS) is 14.7. The fraction of sp³-hybridized carbons (Fsp3) is 0.321. The molecule has 0 radical (unpaired) electrons. The van der Waals surface area contributed by atoms with E-state index in [9.17, 15) is 14.9 Å². The molecule has 1 unspecified atom stereocenters. The van der Waals surface area contributed by atoms with Crippen molar-refractivity contribution in [2.45, 2.75) is 26.2 Å². The van der Waals surface area contributed by atoms with Gasteiger partial charge in [0.25, 0.3) is 0 Å². The Morgan fingerprint density at radius 1 is 1.18 bits per heavy atom. The molecule has 3 aromatic rings. The van der Waals surface area contributed by atoms with Crippen molar-refractivity contribution in [3.8, 4) is 17.2 Å². The third-order valence-electron chi connectivity index (χ3n) is 6.23. The fourth-order valence-corrected chi connectivity index (χ4v) is 4.69. The second-order valence-electron chi connectivity index (χ2n) is 8.86. The summed E-state index contributed by atoms with van der Waals surface area (Å²) in [6, 6.07) is 11.4. The third kappa shape index (κ3) is 7.10. The maximum atomic E-state index is 12.8. The number of aryl methyl sites for hydroxylation is 1. The molecule has 3 heterocycles. The SMILES string of the molecule is CCc1cnc(NC(=O)C(C)c2cccc(-c3cnc(NC(=O)/C=C/CN4CCOCC4)c(C#N)c3)c2)s1. The average molecular weight is 531 g/mol. The van der Waals surface area contributed by atoms with Gasteiger partial charge in [-0.3, -0.25) is 14.5 Å². The molecule has 0 bridgehead atoms. The molecule has 1 aromatic carbocycles. The predicted molar refractivity (Wildman–Crippen MR) is 148 cm³/mol. The van der Waals surface area contributed by atoms with Crippen LogP contribution in [0, 0.1) is 11.3 Å². The van der Waals surface area contributed by atoms with Crippen LogP contribution in [0.5, 0.6) is 0 Å². The second kappa shape index (κ2) is 13.1. The molecule has 1 aliphatic heterocycles. The molecule has 38 heavy (non-hydrogen) atoms. The van der Waals surface area contributed by atoms with Crippen LogP contribution in [0.25, 0.3) is 11.1 Å². The van der Waals surface area contributed by atoms with Gasteiger partial charge in [-0.25, -0.2) is 9.97 Å². The average Bonchev–Trinajstić information content (AvgIpc) is 3.41. The molecule has 0 spiro atoms. The molecule has 2 amide bonds. The van der Waals surface area contributed by atoms with Crippen LogP contribution in [0.4, 0.5) is 10.9 Å². The van der Waals surface area contributed by atoms with Crippen molar-refractivity contribution in [1.82, 2.24) is 14.9 Å². The van der Waals surface area contributed by atoms with Crippen molar-refractivity contribution in [2.75, 3.05) is 43.5 Å². The first-order valence-corrected chi connectivity index (χ1v) is 13.3. The zero-order valence-corrected chi connectivity index (χ0v) is 22.3. The van der Waals surface area contributed by atoms with Gasteiger partial charge >= 0.3 is 0 Å².